The third-order valence-corrected chi connectivity index (χ3v) is 3.43. The highest BCUT2D eigenvalue weighted by molar-refractivity contribution is 5.68. The summed E-state index contributed by atoms with van der Waals surface area (Å²) in [4.78, 5) is 17.9. The van der Waals surface area contributed by atoms with E-state index in [4.69, 9.17) is 19.9 Å². The van der Waals surface area contributed by atoms with Crippen LogP contribution in [0.25, 0.3) is 0 Å². The normalized spacial score (nSPS) is 18.0. The van der Waals surface area contributed by atoms with Crippen LogP contribution in [0.4, 0.5) is 10.6 Å². The van der Waals surface area contributed by atoms with Gasteiger partial charge in [0.05, 0.1) is 13.7 Å². The number of carbonyl (C=O) groups is 1. The molecule has 7 heteroatoms. The number of methoxy groups -OCH3 is 1. The summed E-state index contributed by atoms with van der Waals surface area (Å²) in [5.74, 6) is 1.30. The van der Waals surface area contributed by atoms with Gasteiger partial charge >= 0.3 is 6.09 Å². The zero-order valence-electron chi connectivity index (χ0n) is 14.4. The van der Waals surface area contributed by atoms with Gasteiger partial charge in [0.25, 0.3) is 5.88 Å². The molecule has 1 saturated heterocycles. The minimum absolute atomic E-state index is 0.162. The van der Waals surface area contributed by atoms with E-state index in [1.165, 1.54) is 0 Å². The average molecular weight is 323 g/mol. The Morgan fingerprint density at radius 3 is 2.74 bits per heavy atom. The second-order valence-electron chi connectivity index (χ2n) is 6.66. The molecule has 2 rings (SSSR count). The Balaban J connectivity index is 2.02. The number of aromatic nitrogens is 1. The number of nitrogens with zero attached hydrogens (tertiary/aromatic N) is 2. The zero-order chi connectivity index (χ0) is 17.2. The van der Waals surface area contributed by atoms with Gasteiger partial charge in [0, 0.05) is 18.5 Å². The van der Waals surface area contributed by atoms with E-state index in [1.54, 1.807) is 18.1 Å². The van der Waals surface area contributed by atoms with Crippen molar-refractivity contribution in [1.82, 2.24) is 9.88 Å². The largest absolute Gasteiger partial charge is 0.491 e. The number of likely N-dealkylation sites (tertiary alicyclic amines) is 1. The molecule has 0 aliphatic carbocycles. The quantitative estimate of drug-likeness (QED) is 0.919. The van der Waals surface area contributed by atoms with Crippen molar-refractivity contribution in [2.75, 3.05) is 25.9 Å². The lowest BCUT2D eigenvalue weighted by Gasteiger charge is -2.24. The van der Waals surface area contributed by atoms with Gasteiger partial charge in [-0.3, -0.25) is 0 Å². The molecule has 1 amide bonds. The van der Waals surface area contributed by atoms with Crippen LogP contribution in [0.2, 0.25) is 0 Å². The van der Waals surface area contributed by atoms with E-state index in [0.717, 1.165) is 5.56 Å². The van der Waals surface area contributed by atoms with Crippen molar-refractivity contribution < 1.29 is 19.0 Å². The van der Waals surface area contributed by atoms with Crippen LogP contribution < -0.4 is 15.2 Å². The lowest BCUT2D eigenvalue weighted by Crippen LogP contribution is -2.36. The second-order valence-corrected chi connectivity index (χ2v) is 6.66. The Labute approximate surface area is 136 Å². The van der Waals surface area contributed by atoms with Crippen LogP contribution in [0.3, 0.4) is 0 Å². The van der Waals surface area contributed by atoms with Crippen molar-refractivity contribution in [2.45, 2.75) is 45.8 Å². The van der Waals surface area contributed by atoms with Crippen LogP contribution in [-0.4, -0.2) is 47.9 Å². The standard InChI is InChI=1S/C16H25N3O4/c1-10-8-12(17)18-14(13(10)21-5)22-11-6-7-19(9-11)15(20)23-16(2,3)4/h8,11H,6-7,9H2,1-5H3,(H2,17,18). The summed E-state index contributed by atoms with van der Waals surface area (Å²) in [5.41, 5.74) is 6.12. The highest BCUT2D eigenvalue weighted by Gasteiger charge is 2.31. The van der Waals surface area contributed by atoms with Gasteiger partial charge in [0.15, 0.2) is 5.75 Å². The van der Waals surface area contributed by atoms with Crippen molar-refractivity contribution in [3.63, 3.8) is 0 Å². The van der Waals surface area contributed by atoms with E-state index in [-0.39, 0.29) is 12.2 Å². The Morgan fingerprint density at radius 1 is 1.43 bits per heavy atom. The number of ether oxygens (including phenoxy) is 3. The molecule has 1 aliphatic rings. The second kappa shape index (κ2) is 6.52. The predicted molar refractivity (Wildman–Crippen MR) is 86.8 cm³/mol. The summed E-state index contributed by atoms with van der Waals surface area (Å²) in [5, 5.41) is 0. The Kier molecular flexibility index (Phi) is 4.87. The van der Waals surface area contributed by atoms with Crippen LogP contribution in [0, 0.1) is 6.92 Å². The Morgan fingerprint density at radius 2 is 2.13 bits per heavy atom. The van der Waals surface area contributed by atoms with Gasteiger partial charge in [-0.1, -0.05) is 0 Å². The molecule has 1 aliphatic heterocycles. The molecule has 2 heterocycles. The van der Waals surface area contributed by atoms with E-state index in [9.17, 15) is 4.79 Å². The number of hydrogen-bond donors (Lipinski definition) is 1. The van der Waals surface area contributed by atoms with E-state index < -0.39 is 5.60 Å². The molecule has 0 bridgehead atoms. The molecular weight excluding hydrogens is 298 g/mol. The van der Waals surface area contributed by atoms with Gasteiger partial charge in [-0.05, 0) is 33.8 Å². The fraction of sp³-hybridized carbons (Fsp3) is 0.625. The van der Waals surface area contributed by atoms with Crippen molar-refractivity contribution in [2.24, 2.45) is 0 Å². The average Bonchev–Trinajstić information content (AvgIpc) is 2.85. The molecule has 1 aromatic heterocycles. The number of amides is 1. The molecular formula is C16H25N3O4. The van der Waals surface area contributed by atoms with Crippen LogP contribution in [-0.2, 0) is 4.74 Å². The monoisotopic (exact) mass is 323 g/mol. The van der Waals surface area contributed by atoms with Gasteiger partial charge in [-0.2, -0.15) is 4.98 Å². The van der Waals surface area contributed by atoms with Crippen molar-refractivity contribution >= 4 is 11.9 Å². The first kappa shape index (κ1) is 17.2. The fourth-order valence-electron chi connectivity index (χ4n) is 2.46. The van der Waals surface area contributed by atoms with Gasteiger partial charge < -0.3 is 24.8 Å². The number of carbonyl (C=O) groups excluding carboxylic acids is 1. The molecule has 1 unspecified atom stereocenters. The first-order chi connectivity index (χ1) is 10.7. The van der Waals surface area contributed by atoms with Gasteiger partial charge in [0.1, 0.15) is 17.5 Å². The van der Waals surface area contributed by atoms with Gasteiger partial charge in [-0.25, -0.2) is 4.79 Å². The number of pyridine rings is 1. The lowest BCUT2D eigenvalue weighted by molar-refractivity contribution is 0.0274. The summed E-state index contributed by atoms with van der Waals surface area (Å²) < 4.78 is 16.6. The predicted octanol–water partition coefficient (Wildman–Crippen LogP) is 2.37. The smallest absolute Gasteiger partial charge is 0.410 e. The Bertz CT molecular complexity index is 583. The minimum atomic E-state index is -0.508. The molecule has 0 spiro atoms. The number of anilines is 1. The first-order valence-corrected chi connectivity index (χ1v) is 7.65. The van der Waals surface area contributed by atoms with E-state index in [1.807, 2.05) is 27.7 Å². The summed E-state index contributed by atoms with van der Waals surface area (Å²) in [6.07, 6.45) is 0.218. The topological polar surface area (TPSA) is 86.9 Å². The number of nitrogens with two attached hydrogens (primary N) is 1. The SMILES string of the molecule is COc1c(C)cc(N)nc1OC1CCN(C(=O)OC(C)(C)C)C1. The minimum Gasteiger partial charge on any atom is -0.491 e. The van der Waals surface area contributed by atoms with Crippen LogP contribution in [0.5, 0.6) is 11.6 Å². The van der Waals surface area contributed by atoms with Gasteiger partial charge in [-0.15, -0.1) is 0 Å². The fourth-order valence-corrected chi connectivity index (χ4v) is 2.46. The molecule has 1 fully saturated rings. The van der Waals surface area contributed by atoms with Crippen LogP contribution in [0.15, 0.2) is 6.07 Å². The first-order valence-electron chi connectivity index (χ1n) is 7.65. The Hall–Kier alpha value is -2.18. The van der Waals surface area contributed by atoms with Crippen LogP contribution in [0.1, 0.15) is 32.8 Å². The molecule has 0 saturated carbocycles. The highest BCUT2D eigenvalue weighted by Crippen LogP contribution is 2.32. The summed E-state index contributed by atoms with van der Waals surface area (Å²) in [6.45, 7) is 8.46. The molecule has 2 N–H and O–H groups in total. The molecule has 1 aromatic rings. The maximum atomic E-state index is 12.1. The van der Waals surface area contributed by atoms with Crippen molar-refractivity contribution in [3.8, 4) is 11.6 Å². The van der Waals surface area contributed by atoms with Gasteiger partial charge in [0.2, 0.25) is 0 Å². The van der Waals surface area contributed by atoms with E-state index >= 15 is 0 Å². The third-order valence-electron chi connectivity index (χ3n) is 3.43. The molecule has 0 radical (unpaired) electrons. The van der Waals surface area contributed by atoms with E-state index in [0.29, 0.717) is 37.0 Å². The van der Waals surface area contributed by atoms with Crippen molar-refractivity contribution in [3.05, 3.63) is 11.6 Å². The molecule has 1 atom stereocenters. The highest BCUT2D eigenvalue weighted by atomic mass is 16.6. The number of nitrogen functional groups attached to an aromatic ring is 1. The number of aryl methyl sites for hydroxylation is 1. The summed E-state index contributed by atoms with van der Waals surface area (Å²) in [7, 11) is 1.56. The molecule has 0 aromatic carbocycles. The number of hydrogen-bond acceptors (Lipinski definition) is 6. The summed E-state index contributed by atoms with van der Waals surface area (Å²) in [6, 6.07) is 1.73. The molecule has 128 valence electrons. The molecule has 23 heavy (non-hydrogen) atoms. The zero-order valence-corrected chi connectivity index (χ0v) is 14.4. The van der Waals surface area contributed by atoms with Crippen molar-refractivity contribution in [1.29, 1.82) is 0 Å². The number of rotatable bonds is 3. The summed E-state index contributed by atoms with van der Waals surface area (Å²) >= 11 is 0. The van der Waals surface area contributed by atoms with Crippen LogP contribution >= 0.6 is 0 Å². The maximum absolute atomic E-state index is 12.1. The maximum Gasteiger partial charge on any atom is 0.410 e. The molecule has 7 nitrogen and oxygen atoms in total. The third kappa shape index (κ3) is 4.40. The van der Waals surface area contributed by atoms with E-state index in [2.05, 4.69) is 4.98 Å². The lowest BCUT2D eigenvalue weighted by atomic mass is 10.2.